The Morgan fingerprint density at radius 3 is 1.62 bits per heavy atom. The fourth-order valence-corrected chi connectivity index (χ4v) is 0.413. The molecule has 0 saturated carbocycles. The number of unbranched alkanes of at least 4 members (excludes halogenated alkanes) is 1. The van der Waals surface area contributed by atoms with Crippen LogP contribution in [0, 0.1) is 0 Å². The third-order valence-electron chi connectivity index (χ3n) is 0.878. The standard InChI is InChI=1S/C6H14O2.C3H8O.C2H6O2/c1-2-3-5-8-6-4-7;1-3(2)4;1-2(3)4/h7H,2-6H2,1H3;3-4H,1-2H3;2-4H,1H3. The van der Waals surface area contributed by atoms with E-state index in [0.717, 1.165) is 19.4 Å². The van der Waals surface area contributed by atoms with Crippen LogP contribution in [0.15, 0.2) is 0 Å². The van der Waals surface area contributed by atoms with Crippen molar-refractivity contribution in [1.82, 2.24) is 0 Å². The summed E-state index contributed by atoms with van der Waals surface area (Å²) in [5, 5.41) is 31.5. The summed E-state index contributed by atoms with van der Waals surface area (Å²) in [4.78, 5) is 0. The van der Waals surface area contributed by atoms with Crippen LogP contribution in [0.1, 0.15) is 40.5 Å². The molecule has 0 aliphatic carbocycles. The van der Waals surface area contributed by atoms with Gasteiger partial charge >= 0.3 is 0 Å². The van der Waals surface area contributed by atoms with Gasteiger partial charge in [-0.2, -0.15) is 0 Å². The van der Waals surface area contributed by atoms with Crippen molar-refractivity contribution in [3.8, 4) is 0 Å². The minimum absolute atomic E-state index is 0.143. The fourth-order valence-electron chi connectivity index (χ4n) is 0.413. The molecule has 0 fully saturated rings. The number of hydrogen-bond acceptors (Lipinski definition) is 5. The lowest BCUT2D eigenvalue weighted by Crippen LogP contribution is -1.99. The van der Waals surface area contributed by atoms with Crippen LogP contribution in [0.2, 0.25) is 0 Å². The molecular formula is C11H28O5. The van der Waals surface area contributed by atoms with Crippen molar-refractivity contribution in [2.75, 3.05) is 19.8 Å². The molecule has 0 rings (SSSR count). The molecule has 0 heterocycles. The van der Waals surface area contributed by atoms with Crippen molar-refractivity contribution >= 4 is 0 Å². The van der Waals surface area contributed by atoms with Gasteiger partial charge in [-0.15, -0.1) is 0 Å². The maximum Gasteiger partial charge on any atom is 0.148 e. The van der Waals surface area contributed by atoms with Crippen LogP contribution in [-0.4, -0.2) is 52.6 Å². The maximum atomic E-state index is 8.24. The highest BCUT2D eigenvalue weighted by atomic mass is 16.5. The molecule has 5 nitrogen and oxygen atoms in total. The van der Waals surface area contributed by atoms with Crippen LogP contribution in [-0.2, 0) is 4.74 Å². The normalized spacial score (nSPS) is 9.38. The molecule has 5 heteroatoms. The van der Waals surface area contributed by atoms with Gasteiger partial charge in [0, 0.05) is 12.7 Å². The van der Waals surface area contributed by atoms with Gasteiger partial charge in [0.15, 0.2) is 0 Å². The highest BCUT2D eigenvalue weighted by Gasteiger charge is 1.82. The average molecular weight is 240 g/mol. The predicted molar refractivity (Wildman–Crippen MR) is 64.1 cm³/mol. The monoisotopic (exact) mass is 240 g/mol. The highest BCUT2D eigenvalue weighted by Crippen LogP contribution is 1.85. The average Bonchev–Trinajstić information content (AvgIpc) is 2.11. The van der Waals surface area contributed by atoms with Crippen LogP contribution in [0.4, 0.5) is 0 Å². The summed E-state index contributed by atoms with van der Waals surface area (Å²) in [7, 11) is 0. The van der Waals surface area contributed by atoms with E-state index in [2.05, 4.69) is 6.92 Å². The van der Waals surface area contributed by atoms with E-state index in [1.165, 1.54) is 6.92 Å². The van der Waals surface area contributed by atoms with Crippen LogP contribution in [0.3, 0.4) is 0 Å². The van der Waals surface area contributed by atoms with Crippen LogP contribution in [0.25, 0.3) is 0 Å². The summed E-state index contributed by atoms with van der Waals surface area (Å²) < 4.78 is 4.97. The second-order valence-electron chi connectivity index (χ2n) is 3.42. The third-order valence-corrected chi connectivity index (χ3v) is 0.878. The Hall–Kier alpha value is -0.200. The van der Waals surface area contributed by atoms with Crippen molar-refractivity contribution in [3.63, 3.8) is 0 Å². The molecule has 0 atom stereocenters. The Morgan fingerprint density at radius 2 is 1.38 bits per heavy atom. The van der Waals surface area contributed by atoms with Gasteiger partial charge in [-0.05, 0) is 27.2 Å². The molecule has 0 aromatic rings. The van der Waals surface area contributed by atoms with Crippen LogP contribution >= 0.6 is 0 Å². The minimum Gasteiger partial charge on any atom is -0.394 e. The van der Waals surface area contributed by atoms with E-state index < -0.39 is 6.29 Å². The van der Waals surface area contributed by atoms with Crippen molar-refractivity contribution in [1.29, 1.82) is 0 Å². The molecule has 0 aliphatic rings. The first-order valence-electron chi connectivity index (χ1n) is 5.61. The fraction of sp³-hybridized carbons (Fsp3) is 1.00. The largest absolute Gasteiger partial charge is 0.394 e. The molecule has 0 amide bonds. The topological polar surface area (TPSA) is 90.2 Å². The van der Waals surface area contributed by atoms with Crippen LogP contribution < -0.4 is 0 Å². The minimum atomic E-state index is -1.17. The summed E-state index contributed by atoms with van der Waals surface area (Å²) in [6, 6.07) is 0. The van der Waals surface area contributed by atoms with E-state index in [1.54, 1.807) is 13.8 Å². The van der Waals surface area contributed by atoms with Gasteiger partial charge in [0.1, 0.15) is 6.29 Å². The van der Waals surface area contributed by atoms with Crippen molar-refractivity contribution in [2.24, 2.45) is 0 Å². The SMILES string of the molecule is CC(C)O.CC(O)O.CCCCOCCO. The Morgan fingerprint density at radius 1 is 1.00 bits per heavy atom. The van der Waals surface area contributed by atoms with E-state index in [4.69, 9.17) is 25.2 Å². The summed E-state index contributed by atoms with van der Waals surface area (Å²) in [5.74, 6) is 0. The quantitative estimate of drug-likeness (QED) is 0.415. The highest BCUT2D eigenvalue weighted by molar-refractivity contribution is 4.30. The number of aliphatic hydroxyl groups excluding tert-OH is 3. The zero-order valence-corrected chi connectivity index (χ0v) is 10.9. The molecule has 0 saturated heterocycles. The molecule has 4 N–H and O–H groups in total. The first-order valence-corrected chi connectivity index (χ1v) is 5.61. The smallest absolute Gasteiger partial charge is 0.148 e. The van der Waals surface area contributed by atoms with Crippen molar-refractivity contribution in [3.05, 3.63) is 0 Å². The maximum absolute atomic E-state index is 8.24. The molecule has 0 aromatic heterocycles. The molecule has 0 bridgehead atoms. The Balaban J connectivity index is -0.000000179. The number of hydrogen-bond donors (Lipinski definition) is 4. The Kier molecular flexibility index (Phi) is 26.7. The lowest BCUT2D eigenvalue weighted by Gasteiger charge is -1.97. The second kappa shape index (κ2) is 20.2. The molecule has 102 valence electrons. The van der Waals surface area contributed by atoms with E-state index >= 15 is 0 Å². The first-order chi connectivity index (χ1) is 7.38. The van der Waals surface area contributed by atoms with Crippen molar-refractivity contribution in [2.45, 2.75) is 52.9 Å². The molecule has 0 aliphatic heterocycles. The lowest BCUT2D eigenvalue weighted by atomic mass is 10.4. The third kappa shape index (κ3) is 98.1. The zero-order chi connectivity index (χ0) is 13.4. The van der Waals surface area contributed by atoms with Gasteiger partial charge in [-0.25, -0.2) is 0 Å². The van der Waals surface area contributed by atoms with Crippen molar-refractivity contribution < 1.29 is 25.2 Å². The van der Waals surface area contributed by atoms with Gasteiger partial charge < -0.3 is 25.2 Å². The number of ether oxygens (including phenoxy) is 1. The van der Waals surface area contributed by atoms with Gasteiger partial charge in [0.25, 0.3) is 0 Å². The lowest BCUT2D eigenvalue weighted by molar-refractivity contribution is -0.0228. The Bertz CT molecular complexity index is 78.9. The van der Waals surface area contributed by atoms with Gasteiger partial charge in [0.05, 0.1) is 13.2 Å². The zero-order valence-electron chi connectivity index (χ0n) is 10.9. The van der Waals surface area contributed by atoms with Gasteiger partial charge in [-0.3, -0.25) is 0 Å². The number of rotatable bonds is 5. The first kappa shape index (κ1) is 21.1. The molecule has 0 unspecified atom stereocenters. The molecule has 16 heavy (non-hydrogen) atoms. The van der Waals surface area contributed by atoms with E-state index in [-0.39, 0.29) is 12.7 Å². The van der Waals surface area contributed by atoms with E-state index in [1.807, 2.05) is 0 Å². The van der Waals surface area contributed by atoms with E-state index in [0.29, 0.717) is 6.61 Å². The summed E-state index contributed by atoms with van der Waals surface area (Å²) in [6.45, 7) is 8.25. The molecular weight excluding hydrogens is 212 g/mol. The summed E-state index contributed by atoms with van der Waals surface area (Å²) >= 11 is 0. The van der Waals surface area contributed by atoms with Crippen LogP contribution in [0.5, 0.6) is 0 Å². The summed E-state index contributed by atoms with van der Waals surface area (Å²) in [6.07, 6.45) is 0.922. The molecule has 0 radical (unpaired) electrons. The summed E-state index contributed by atoms with van der Waals surface area (Å²) in [5.41, 5.74) is 0. The van der Waals surface area contributed by atoms with Gasteiger partial charge in [0.2, 0.25) is 0 Å². The molecule has 0 aromatic carbocycles. The second-order valence-corrected chi connectivity index (χ2v) is 3.42. The molecule has 0 spiro atoms. The predicted octanol–water partition coefficient (Wildman–Crippen LogP) is 0.499. The number of aliphatic hydroxyl groups is 4. The van der Waals surface area contributed by atoms with Gasteiger partial charge in [-0.1, -0.05) is 13.3 Å². The van der Waals surface area contributed by atoms with E-state index in [9.17, 15) is 0 Å². The Labute approximate surface area is 98.7 Å².